The highest BCUT2D eigenvalue weighted by Crippen LogP contribution is 2.46. The molecule has 1 aliphatic carbocycles. The van der Waals surface area contributed by atoms with E-state index in [4.69, 9.17) is 23.4 Å². The molecule has 0 radical (unpaired) electrons. The maximum absolute atomic E-state index is 12.6. The number of hydrogen-bond donors (Lipinski definition) is 2. The van der Waals surface area contributed by atoms with Crippen LogP contribution in [-0.2, 0) is 25.9 Å². The second kappa shape index (κ2) is 12.4. The fourth-order valence-electron chi connectivity index (χ4n) is 5.11. The monoisotopic (exact) mass is 597 g/mol. The Bertz CT molecular complexity index is 1250. The van der Waals surface area contributed by atoms with Crippen LogP contribution >= 0.6 is 0 Å². The third-order valence-electron chi connectivity index (χ3n) is 8.37. The van der Waals surface area contributed by atoms with Crippen LogP contribution in [0, 0.1) is 0 Å². The van der Waals surface area contributed by atoms with Gasteiger partial charge in [0, 0.05) is 13.0 Å². The topological polar surface area (TPSA) is 95.5 Å². The Labute approximate surface area is 251 Å². The van der Waals surface area contributed by atoms with E-state index in [1.54, 1.807) is 20.8 Å². The average Bonchev–Trinajstić information content (AvgIpc) is 3.38. The Morgan fingerprint density at radius 1 is 1.07 bits per heavy atom. The maximum Gasteiger partial charge on any atom is 0.407 e. The lowest BCUT2D eigenvalue weighted by molar-refractivity contribution is -0.0673. The van der Waals surface area contributed by atoms with Gasteiger partial charge >= 0.3 is 6.09 Å². The quantitative estimate of drug-likeness (QED) is 0.253. The smallest absolute Gasteiger partial charge is 0.407 e. The average molecular weight is 598 g/mol. The molecule has 0 aromatic heterocycles. The van der Waals surface area contributed by atoms with E-state index in [-0.39, 0.29) is 24.5 Å². The number of carbonyl (C=O) groups excluding carboxylic acids is 1. The number of alkyl carbamates (subject to hydrolysis) is 1. The predicted molar refractivity (Wildman–Crippen MR) is 165 cm³/mol. The Balaban J connectivity index is 1.73. The van der Waals surface area contributed by atoms with Crippen molar-refractivity contribution in [3.63, 3.8) is 0 Å². The lowest BCUT2D eigenvalue weighted by atomic mass is 9.66. The van der Waals surface area contributed by atoms with Crippen molar-refractivity contribution in [1.82, 2.24) is 5.32 Å². The summed E-state index contributed by atoms with van der Waals surface area (Å²) in [7, 11) is -2.11. The van der Waals surface area contributed by atoms with Gasteiger partial charge in [-0.05, 0) is 62.2 Å². The summed E-state index contributed by atoms with van der Waals surface area (Å²) in [5.41, 5.74) is 0.128. The lowest BCUT2D eigenvalue weighted by Gasteiger charge is -2.48. The molecule has 2 aliphatic rings. The van der Waals surface area contributed by atoms with E-state index in [1.165, 1.54) is 0 Å². The highest BCUT2D eigenvalue weighted by Gasteiger charge is 2.50. The number of aliphatic hydroxyl groups is 1. The molecule has 230 valence electrons. The molecule has 0 saturated heterocycles. The van der Waals surface area contributed by atoms with E-state index in [0.29, 0.717) is 24.5 Å². The highest BCUT2D eigenvalue weighted by atomic mass is 28.4. The second-order valence-corrected chi connectivity index (χ2v) is 18.5. The van der Waals surface area contributed by atoms with Gasteiger partial charge in [0.2, 0.25) is 6.79 Å². The van der Waals surface area contributed by atoms with E-state index in [0.717, 1.165) is 11.1 Å². The Morgan fingerprint density at radius 3 is 2.43 bits per heavy atom. The second-order valence-electron chi connectivity index (χ2n) is 13.7. The normalized spacial score (nSPS) is 23.0. The first-order valence-electron chi connectivity index (χ1n) is 14.7. The van der Waals surface area contributed by atoms with Gasteiger partial charge in [-0.25, -0.2) is 4.79 Å². The summed E-state index contributed by atoms with van der Waals surface area (Å²) in [6.07, 6.45) is 2.23. The molecule has 0 fully saturated rings. The molecular formula is C33H47NO7Si. The molecule has 2 aromatic rings. The molecule has 1 aliphatic heterocycles. The molecule has 1 unspecified atom stereocenters. The van der Waals surface area contributed by atoms with E-state index < -0.39 is 37.6 Å². The Hall–Kier alpha value is -2.85. The Morgan fingerprint density at radius 2 is 1.76 bits per heavy atom. The number of nitrogens with one attached hydrogen (secondary N) is 1. The summed E-state index contributed by atoms with van der Waals surface area (Å²) in [6, 6.07) is 15.7. The van der Waals surface area contributed by atoms with Gasteiger partial charge in [0.05, 0.1) is 30.3 Å². The highest BCUT2D eigenvalue weighted by molar-refractivity contribution is 6.74. The molecule has 8 nitrogen and oxygen atoms in total. The van der Waals surface area contributed by atoms with E-state index in [1.807, 2.05) is 60.7 Å². The molecule has 42 heavy (non-hydrogen) atoms. The molecule has 1 amide bonds. The minimum absolute atomic E-state index is 0.0317. The van der Waals surface area contributed by atoms with Crippen LogP contribution in [0.25, 0.3) is 0 Å². The van der Waals surface area contributed by atoms with Crippen molar-refractivity contribution < 1.29 is 33.3 Å². The van der Waals surface area contributed by atoms with Crippen LogP contribution in [0.1, 0.15) is 59.1 Å². The zero-order valence-corrected chi connectivity index (χ0v) is 27.2. The number of carbonyl (C=O) groups is 1. The first kappa shape index (κ1) is 32.1. The first-order valence-corrected chi connectivity index (χ1v) is 17.6. The molecule has 4 atom stereocenters. The van der Waals surface area contributed by atoms with Gasteiger partial charge in [0.15, 0.2) is 19.8 Å². The molecule has 0 spiro atoms. The van der Waals surface area contributed by atoms with Crippen LogP contribution in [0.15, 0.2) is 60.7 Å². The van der Waals surface area contributed by atoms with Crippen molar-refractivity contribution in [2.24, 2.45) is 0 Å². The van der Waals surface area contributed by atoms with Gasteiger partial charge < -0.3 is 33.8 Å². The Kier molecular flexibility index (Phi) is 9.47. The third kappa shape index (κ3) is 7.37. The fraction of sp³-hybridized carbons (Fsp3) is 0.545. The molecule has 2 aromatic carbocycles. The van der Waals surface area contributed by atoms with Gasteiger partial charge in [-0.1, -0.05) is 69.3 Å². The summed E-state index contributed by atoms with van der Waals surface area (Å²) in [5.74, 6) is 1.25. The number of benzene rings is 2. The summed E-state index contributed by atoms with van der Waals surface area (Å²) >= 11 is 0. The summed E-state index contributed by atoms with van der Waals surface area (Å²) in [6.45, 7) is 17.0. The molecule has 1 heterocycles. The molecule has 2 N–H and O–H groups in total. The van der Waals surface area contributed by atoms with Crippen molar-refractivity contribution in [2.75, 3.05) is 13.3 Å². The van der Waals surface area contributed by atoms with Crippen molar-refractivity contribution in [3.05, 3.63) is 71.8 Å². The first-order chi connectivity index (χ1) is 19.6. The van der Waals surface area contributed by atoms with E-state index in [9.17, 15) is 9.90 Å². The number of hydrogen-bond acceptors (Lipinski definition) is 7. The van der Waals surface area contributed by atoms with Gasteiger partial charge in [-0.2, -0.15) is 0 Å². The van der Waals surface area contributed by atoms with Crippen molar-refractivity contribution in [2.45, 2.75) is 102 Å². The molecule has 9 heteroatoms. The number of ether oxygens (including phenoxy) is 4. The minimum Gasteiger partial charge on any atom is -0.454 e. The standard InChI is InChI=1S/C33H47NO7Si/c1-31(2,3)40-30(36)34-20-28(35)33(24-14-15-26-27(18-24)39-22-38-26)17-16-25(41-42(7,8)32(4,5)6)19-29(33)37-21-23-12-10-9-11-13-23/h9-18,25,28-29,35H,19-22H2,1-8H3,(H,34,36)/t25-,28?,29-,33-/m0/s1. The fourth-order valence-corrected chi connectivity index (χ4v) is 6.39. The van der Waals surface area contributed by atoms with Gasteiger partial charge in [0.25, 0.3) is 0 Å². The van der Waals surface area contributed by atoms with E-state index >= 15 is 0 Å². The van der Waals surface area contributed by atoms with Crippen LogP contribution < -0.4 is 14.8 Å². The summed E-state index contributed by atoms with van der Waals surface area (Å²) < 4.78 is 30.3. The number of aliphatic hydroxyl groups excluding tert-OH is 1. The van der Waals surface area contributed by atoms with Crippen molar-refractivity contribution >= 4 is 14.4 Å². The predicted octanol–water partition coefficient (Wildman–Crippen LogP) is 6.47. The third-order valence-corrected chi connectivity index (χ3v) is 12.9. The van der Waals surface area contributed by atoms with E-state index in [2.05, 4.69) is 39.2 Å². The van der Waals surface area contributed by atoms with Crippen molar-refractivity contribution in [1.29, 1.82) is 0 Å². The van der Waals surface area contributed by atoms with Gasteiger partial charge in [-0.3, -0.25) is 0 Å². The summed E-state index contributed by atoms with van der Waals surface area (Å²) in [5, 5.41) is 14.8. The molecular weight excluding hydrogens is 550 g/mol. The van der Waals surface area contributed by atoms with Crippen molar-refractivity contribution in [3.8, 4) is 11.5 Å². The summed E-state index contributed by atoms with van der Waals surface area (Å²) in [4.78, 5) is 12.6. The molecule has 4 rings (SSSR count). The zero-order chi connectivity index (χ0) is 30.8. The minimum atomic E-state index is -2.11. The molecule has 0 bridgehead atoms. The van der Waals surface area contributed by atoms with Gasteiger partial charge in [-0.15, -0.1) is 0 Å². The largest absolute Gasteiger partial charge is 0.454 e. The van der Waals surface area contributed by atoms with Crippen LogP contribution in [0.5, 0.6) is 11.5 Å². The van der Waals surface area contributed by atoms with Gasteiger partial charge in [0.1, 0.15) is 5.60 Å². The van der Waals surface area contributed by atoms with Crippen LogP contribution in [-0.4, -0.2) is 56.8 Å². The number of amides is 1. The van der Waals surface area contributed by atoms with Crippen LogP contribution in [0.4, 0.5) is 4.79 Å². The maximum atomic E-state index is 12.6. The van der Waals surface area contributed by atoms with Crippen LogP contribution in [0.3, 0.4) is 0 Å². The SMILES string of the molecule is CC(C)(C)OC(=O)NCC(O)[C@@]1(c2ccc3c(c2)OCO3)C=C[C@H](O[Si](C)(C)C(C)(C)C)C[C@@H]1OCc1ccccc1. The number of fused-ring (bicyclic) bond motifs is 1. The number of rotatable bonds is 9. The van der Waals surface area contributed by atoms with Crippen LogP contribution in [0.2, 0.25) is 18.1 Å². The zero-order valence-electron chi connectivity index (χ0n) is 26.2. The lowest BCUT2D eigenvalue weighted by Crippen LogP contribution is -2.57. The molecule has 0 saturated carbocycles.